The molecular formula is C11H16N2O3. The number of ketones is 1. The number of nitrogens with zero attached hydrogens (tertiary/aromatic N) is 2. The Balaban J connectivity index is 1.86. The lowest BCUT2D eigenvalue weighted by atomic mass is 10.1. The molecule has 2 aliphatic rings. The number of hydrogen-bond acceptors (Lipinski definition) is 3. The van der Waals surface area contributed by atoms with Crippen LogP contribution in [0.15, 0.2) is 12.3 Å². The summed E-state index contributed by atoms with van der Waals surface area (Å²) in [6, 6.07) is 0. The SMILES string of the molecule is CN(C)/C=C/C(=O)[C@@H]1[C@@H]2CN(C(=O)O)C[C@@H]21. The maximum Gasteiger partial charge on any atom is 0.407 e. The second-order valence-corrected chi connectivity index (χ2v) is 4.72. The van der Waals surface area contributed by atoms with Crippen molar-refractivity contribution in [3.63, 3.8) is 0 Å². The fourth-order valence-electron chi connectivity index (χ4n) is 2.44. The largest absolute Gasteiger partial charge is 0.465 e. The second kappa shape index (κ2) is 3.81. The Hall–Kier alpha value is -1.52. The van der Waals surface area contributed by atoms with E-state index in [9.17, 15) is 9.59 Å². The van der Waals surface area contributed by atoms with E-state index in [4.69, 9.17) is 5.11 Å². The van der Waals surface area contributed by atoms with Gasteiger partial charge in [-0.1, -0.05) is 0 Å². The van der Waals surface area contributed by atoms with E-state index in [2.05, 4.69) is 0 Å². The standard InChI is InChI=1S/C11H16N2O3/c1-12(2)4-3-9(14)10-7-5-13(11(15)16)6-8(7)10/h3-4,7-8,10H,5-6H2,1-2H3,(H,15,16)/b4-3+/t7-,8+,10-. The van der Waals surface area contributed by atoms with Gasteiger partial charge in [0.15, 0.2) is 5.78 Å². The van der Waals surface area contributed by atoms with E-state index in [-0.39, 0.29) is 23.5 Å². The number of amides is 1. The number of carbonyl (C=O) groups is 2. The summed E-state index contributed by atoms with van der Waals surface area (Å²) in [6.07, 6.45) is 2.46. The zero-order valence-electron chi connectivity index (χ0n) is 9.46. The molecule has 5 nitrogen and oxygen atoms in total. The monoisotopic (exact) mass is 224 g/mol. The Labute approximate surface area is 94.3 Å². The molecule has 1 amide bonds. The molecule has 0 unspecified atom stereocenters. The molecule has 1 saturated carbocycles. The van der Waals surface area contributed by atoms with Crippen molar-refractivity contribution in [2.75, 3.05) is 27.2 Å². The van der Waals surface area contributed by atoms with Crippen LogP contribution in [0.3, 0.4) is 0 Å². The van der Waals surface area contributed by atoms with Gasteiger partial charge in [0.25, 0.3) is 0 Å². The molecule has 1 heterocycles. The first kappa shape index (κ1) is 11.0. The van der Waals surface area contributed by atoms with Crippen LogP contribution in [0.5, 0.6) is 0 Å². The van der Waals surface area contributed by atoms with Gasteiger partial charge in [-0.05, 0) is 17.9 Å². The summed E-state index contributed by atoms with van der Waals surface area (Å²) >= 11 is 0. The number of carbonyl (C=O) groups excluding carboxylic acids is 1. The van der Waals surface area contributed by atoms with E-state index in [1.54, 1.807) is 12.3 Å². The summed E-state index contributed by atoms with van der Waals surface area (Å²) in [5.74, 6) is 0.714. The molecule has 2 fully saturated rings. The topological polar surface area (TPSA) is 60.9 Å². The highest BCUT2D eigenvalue weighted by molar-refractivity contribution is 5.94. The normalized spacial score (nSPS) is 31.6. The Morgan fingerprint density at radius 3 is 2.31 bits per heavy atom. The molecule has 0 spiro atoms. The predicted octanol–water partition coefficient (Wildman–Crippen LogP) is 0.487. The van der Waals surface area contributed by atoms with Gasteiger partial charge in [0.1, 0.15) is 0 Å². The number of likely N-dealkylation sites (tertiary alicyclic amines) is 1. The van der Waals surface area contributed by atoms with E-state index >= 15 is 0 Å². The van der Waals surface area contributed by atoms with E-state index in [1.807, 2.05) is 19.0 Å². The third-order valence-corrected chi connectivity index (χ3v) is 3.33. The molecule has 5 heteroatoms. The molecule has 0 radical (unpaired) electrons. The van der Waals surface area contributed by atoms with Crippen LogP contribution < -0.4 is 0 Å². The van der Waals surface area contributed by atoms with E-state index in [0.717, 1.165) is 0 Å². The van der Waals surface area contributed by atoms with Gasteiger partial charge in [0.2, 0.25) is 0 Å². The molecule has 0 aromatic carbocycles. The van der Waals surface area contributed by atoms with Crippen LogP contribution in [0.1, 0.15) is 0 Å². The minimum absolute atomic E-state index is 0.0619. The van der Waals surface area contributed by atoms with E-state index < -0.39 is 6.09 Å². The summed E-state index contributed by atoms with van der Waals surface area (Å²) in [7, 11) is 3.73. The van der Waals surface area contributed by atoms with Crippen LogP contribution in [-0.4, -0.2) is 54.0 Å². The maximum atomic E-state index is 11.7. The Kier molecular flexibility index (Phi) is 2.61. The molecule has 1 aliphatic carbocycles. The van der Waals surface area contributed by atoms with Gasteiger partial charge in [-0.3, -0.25) is 4.79 Å². The number of fused-ring (bicyclic) bond motifs is 1. The first-order valence-corrected chi connectivity index (χ1v) is 5.37. The zero-order valence-corrected chi connectivity index (χ0v) is 9.46. The average Bonchev–Trinajstić information content (AvgIpc) is 2.69. The van der Waals surface area contributed by atoms with Crippen molar-refractivity contribution >= 4 is 11.9 Å². The minimum Gasteiger partial charge on any atom is -0.465 e. The number of rotatable bonds is 3. The summed E-state index contributed by atoms with van der Waals surface area (Å²) in [4.78, 5) is 25.6. The quantitative estimate of drug-likeness (QED) is 0.709. The molecule has 1 saturated heterocycles. The number of hydrogen-bond donors (Lipinski definition) is 1. The fraction of sp³-hybridized carbons (Fsp3) is 0.636. The molecule has 1 N–H and O–H groups in total. The van der Waals surface area contributed by atoms with E-state index in [0.29, 0.717) is 13.1 Å². The highest BCUT2D eigenvalue weighted by Gasteiger charge is 2.59. The summed E-state index contributed by atoms with van der Waals surface area (Å²) in [6.45, 7) is 1.04. The lowest BCUT2D eigenvalue weighted by molar-refractivity contribution is -0.116. The lowest BCUT2D eigenvalue weighted by Gasteiger charge is -2.14. The van der Waals surface area contributed by atoms with Gasteiger partial charge in [-0.15, -0.1) is 0 Å². The Morgan fingerprint density at radius 1 is 1.31 bits per heavy atom. The smallest absolute Gasteiger partial charge is 0.407 e. The zero-order chi connectivity index (χ0) is 11.9. The molecule has 0 bridgehead atoms. The Morgan fingerprint density at radius 2 is 1.88 bits per heavy atom. The molecule has 88 valence electrons. The van der Waals surface area contributed by atoms with Crippen molar-refractivity contribution in [1.29, 1.82) is 0 Å². The maximum absolute atomic E-state index is 11.7. The van der Waals surface area contributed by atoms with Crippen molar-refractivity contribution < 1.29 is 14.7 Å². The van der Waals surface area contributed by atoms with Crippen LogP contribution in [0.4, 0.5) is 4.79 Å². The third kappa shape index (κ3) is 1.89. The van der Waals surface area contributed by atoms with Crippen LogP contribution in [0.2, 0.25) is 0 Å². The van der Waals surface area contributed by atoms with Gasteiger partial charge in [0, 0.05) is 39.3 Å². The highest BCUT2D eigenvalue weighted by atomic mass is 16.4. The van der Waals surface area contributed by atoms with Crippen molar-refractivity contribution in [2.45, 2.75) is 0 Å². The second-order valence-electron chi connectivity index (χ2n) is 4.72. The van der Waals surface area contributed by atoms with E-state index in [1.165, 1.54) is 4.90 Å². The molecule has 0 aromatic heterocycles. The number of allylic oxidation sites excluding steroid dienone is 1. The third-order valence-electron chi connectivity index (χ3n) is 3.33. The lowest BCUT2D eigenvalue weighted by Crippen LogP contribution is -2.30. The number of piperidine rings is 1. The molecular weight excluding hydrogens is 208 g/mol. The first-order valence-electron chi connectivity index (χ1n) is 5.37. The highest BCUT2D eigenvalue weighted by Crippen LogP contribution is 2.52. The average molecular weight is 224 g/mol. The Bertz CT molecular complexity index is 339. The number of carboxylic acid groups (broad SMARTS) is 1. The van der Waals surface area contributed by atoms with Crippen LogP contribution in [0.25, 0.3) is 0 Å². The van der Waals surface area contributed by atoms with Crippen molar-refractivity contribution in [3.8, 4) is 0 Å². The van der Waals surface area contributed by atoms with Crippen LogP contribution in [0, 0.1) is 17.8 Å². The molecule has 16 heavy (non-hydrogen) atoms. The predicted molar refractivity (Wildman–Crippen MR) is 57.9 cm³/mol. The van der Waals surface area contributed by atoms with Crippen LogP contribution >= 0.6 is 0 Å². The van der Waals surface area contributed by atoms with Gasteiger partial charge >= 0.3 is 6.09 Å². The first-order chi connectivity index (χ1) is 7.50. The van der Waals surface area contributed by atoms with Crippen molar-refractivity contribution in [3.05, 3.63) is 12.3 Å². The van der Waals surface area contributed by atoms with Crippen molar-refractivity contribution in [2.24, 2.45) is 17.8 Å². The summed E-state index contributed by atoms with van der Waals surface area (Å²) < 4.78 is 0. The van der Waals surface area contributed by atoms with Crippen LogP contribution in [-0.2, 0) is 4.79 Å². The van der Waals surface area contributed by atoms with Gasteiger partial charge < -0.3 is 14.9 Å². The van der Waals surface area contributed by atoms with Crippen molar-refractivity contribution in [1.82, 2.24) is 9.80 Å². The van der Waals surface area contributed by atoms with Gasteiger partial charge in [-0.25, -0.2) is 4.79 Å². The summed E-state index contributed by atoms with van der Waals surface area (Å²) in [5.41, 5.74) is 0. The van der Waals surface area contributed by atoms with Gasteiger partial charge in [-0.2, -0.15) is 0 Å². The molecule has 3 atom stereocenters. The minimum atomic E-state index is -0.873. The molecule has 2 rings (SSSR count). The fourth-order valence-corrected chi connectivity index (χ4v) is 2.44. The molecule has 0 aromatic rings. The van der Waals surface area contributed by atoms with Gasteiger partial charge in [0.05, 0.1) is 0 Å². The molecule has 1 aliphatic heterocycles. The summed E-state index contributed by atoms with van der Waals surface area (Å²) in [5, 5.41) is 8.77.